The molecule has 0 bridgehead atoms. The first-order valence-corrected chi connectivity index (χ1v) is 19.5. The first-order chi connectivity index (χ1) is 22.8. The summed E-state index contributed by atoms with van der Waals surface area (Å²) in [6.07, 6.45) is 27.2. The van der Waals surface area contributed by atoms with Gasteiger partial charge in [0.1, 0.15) is 0 Å². The zero-order chi connectivity index (χ0) is 32.1. The van der Waals surface area contributed by atoms with Crippen LogP contribution in [0.2, 0.25) is 0 Å². The van der Waals surface area contributed by atoms with Crippen molar-refractivity contribution in [3.05, 3.63) is 70.7 Å². The molecule has 0 radical (unpaired) electrons. The molecule has 0 atom stereocenters. The zero-order valence-electron chi connectivity index (χ0n) is 28.2. The minimum atomic E-state index is 0.886. The van der Waals surface area contributed by atoms with Crippen molar-refractivity contribution in [3.8, 4) is 56.0 Å². The minimum absolute atomic E-state index is 0.886. The summed E-state index contributed by atoms with van der Waals surface area (Å²) in [5.41, 5.74) is 4.08. The Labute approximate surface area is 287 Å². The molecular weight excluding hydrogens is 597 g/mol. The molecule has 4 rings (SSSR count). The number of hydrogen-bond donors (Lipinski definition) is 0. The highest BCUT2D eigenvalue weighted by Crippen LogP contribution is 2.32. The van der Waals surface area contributed by atoms with Crippen molar-refractivity contribution in [1.82, 2.24) is 9.97 Å². The standard InChI is InChI=1S/C42H52N2S2/c1-3-5-7-9-11-13-15-17-19-21-23-37-25-27-41(45-37)35-29-31-43-39(33-35)40-34-36(30-32-44-40)42-28-26-38(46-42)24-22-20-18-16-14-12-10-8-6-4-2/h25-34H,3-20H2,1-2H3. The van der Waals surface area contributed by atoms with Gasteiger partial charge in [0.05, 0.1) is 21.1 Å². The van der Waals surface area contributed by atoms with Gasteiger partial charge in [0.2, 0.25) is 0 Å². The molecule has 0 saturated heterocycles. The molecule has 0 aliphatic heterocycles. The van der Waals surface area contributed by atoms with Crippen molar-refractivity contribution in [2.24, 2.45) is 0 Å². The number of unbranched alkanes of at least 4 members (excludes halogenated alkanes) is 16. The number of aromatic nitrogens is 2. The Morgan fingerprint density at radius 2 is 0.870 bits per heavy atom. The Morgan fingerprint density at radius 3 is 1.28 bits per heavy atom. The van der Waals surface area contributed by atoms with Crippen LogP contribution in [0, 0.1) is 23.7 Å². The van der Waals surface area contributed by atoms with Gasteiger partial charge in [-0.25, -0.2) is 0 Å². The Morgan fingerprint density at radius 1 is 0.478 bits per heavy atom. The van der Waals surface area contributed by atoms with E-state index < -0.39 is 0 Å². The van der Waals surface area contributed by atoms with Crippen LogP contribution < -0.4 is 0 Å². The van der Waals surface area contributed by atoms with E-state index in [0.717, 1.165) is 45.1 Å². The normalized spacial score (nSPS) is 10.7. The van der Waals surface area contributed by atoms with E-state index in [9.17, 15) is 0 Å². The second-order valence-corrected chi connectivity index (χ2v) is 14.4. The van der Waals surface area contributed by atoms with Crippen molar-refractivity contribution in [2.45, 2.75) is 129 Å². The lowest BCUT2D eigenvalue weighted by Crippen LogP contribution is -1.88. The predicted octanol–water partition coefficient (Wildman–Crippen LogP) is 13.4. The summed E-state index contributed by atoms with van der Waals surface area (Å²) in [5, 5.41) is 0. The van der Waals surface area contributed by atoms with Crippen molar-refractivity contribution in [2.75, 3.05) is 0 Å². The third-order valence-electron chi connectivity index (χ3n) is 8.30. The summed E-state index contributed by atoms with van der Waals surface area (Å²) in [7, 11) is 0. The Hall–Kier alpha value is -3.18. The first-order valence-electron chi connectivity index (χ1n) is 17.9. The van der Waals surface area contributed by atoms with Crippen LogP contribution in [0.4, 0.5) is 0 Å². The fraction of sp³-hybridized carbons (Fsp3) is 0.476. The molecule has 0 aliphatic rings. The minimum Gasteiger partial charge on any atom is -0.255 e. The largest absolute Gasteiger partial charge is 0.255 e. The molecule has 4 heterocycles. The van der Waals surface area contributed by atoms with Crippen molar-refractivity contribution < 1.29 is 0 Å². The van der Waals surface area contributed by atoms with Crippen LogP contribution in [-0.2, 0) is 0 Å². The molecule has 4 aromatic heterocycles. The second kappa shape index (κ2) is 21.6. The van der Waals surface area contributed by atoms with E-state index in [-0.39, 0.29) is 0 Å². The lowest BCUT2D eigenvalue weighted by molar-refractivity contribution is 0.579. The van der Waals surface area contributed by atoms with Crippen LogP contribution in [0.1, 0.15) is 139 Å². The third kappa shape index (κ3) is 12.9. The number of nitrogens with zero attached hydrogens (tertiary/aromatic N) is 2. The average molecular weight is 649 g/mol. The monoisotopic (exact) mass is 648 g/mol. The Bertz CT molecular complexity index is 1440. The van der Waals surface area contributed by atoms with Gasteiger partial charge >= 0.3 is 0 Å². The molecule has 0 aromatic carbocycles. The summed E-state index contributed by atoms with van der Waals surface area (Å²) in [6, 6.07) is 17.1. The Balaban J connectivity index is 1.26. The number of thiophene rings is 2. The van der Waals surface area contributed by atoms with Crippen molar-refractivity contribution >= 4 is 22.7 Å². The van der Waals surface area contributed by atoms with E-state index in [1.807, 2.05) is 12.4 Å². The van der Waals surface area contributed by atoms with E-state index in [1.54, 1.807) is 22.7 Å². The SMILES string of the molecule is CCCCCCCCCCC#Cc1ccc(-c2ccnc(-c3cc(-c4ccc(C#CCCCCCCCCCC)s4)ccn3)c2)s1. The highest BCUT2D eigenvalue weighted by Gasteiger charge is 2.09. The van der Waals surface area contributed by atoms with Crippen LogP contribution in [-0.4, -0.2) is 9.97 Å². The van der Waals surface area contributed by atoms with Crippen LogP contribution in [0.5, 0.6) is 0 Å². The molecule has 242 valence electrons. The first kappa shape index (κ1) is 35.7. The molecule has 0 amide bonds. The van der Waals surface area contributed by atoms with Crippen LogP contribution >= 0.6 is 22.7 Å². The van der Waals surface area contributed by atoms with Gasteiger partial charge in [-0.3, -0.25) is 9.97 Å². The van der Waals surface area contributed by atoms with Gasteiger partial charge in [-0.15, -0.1) is 22.7 Å². The quantitative estimate of drug-likeness (QED) is 0.0747. The van der Waals surface area contributed by atoms with E-state index in [0.29, 0.717) is 0 Å². The number of rotatable bonds is 19. The Kier molecular flexibility index (Phi) is 16.7. The highest BCUT2D eigenvalue weighted by atomic mass is 32.1. The average Bonchev–Trinajstić information content (AvgIpc) is 3.77. The van der Waals surface area contributed by atoms with Gasteiger partial charge in [0.25, 0.3) is 0 Å². The topological polar surface area (TPSA) is 25.8 Å². The lowest BCUT2D eigenvalue weighted by atomic mass is 10.1. The van der Waals surface area contributed by atoms with E-state index in [2.05, 4.69) is 96.0 Å². The summed E-state index contributed by atoms with van der Waals surface area (Å²) in [5.74, 6) is 13.6. The van der Waals surface area contributed by atoms with Gasteiger partial charge in [-0.2, -0.15) is 0 Å². The predicted molar refractivity (Wildman–Crippen MR) is 202 cm³/mol. The van der Waals surface area contributed by atoms with Gasteiger partial charge < -0.3 is 0 Å². The maximum Gasteiger partial charge on any atom is 0.0892 e. The highest BCUT2D eigenvalue weighted by molar-refractivity contribution is 7.16. The second-order valence-electron chi connectivity index (χ2n) is 12.2. The molecule has 4 heteroatoms. The van der Waals surface area contributed by atoms with Crippen LogP contribution in [0.15, 0.2) is 60.9 Å². The fourth-order valence-corrected chi connectivity index (χ4v) is 7.32. The maximum absolute atomic E-state index is 4.67. The molecule has 0 aliphatic carbocycles. The number of pyridine rings is 2. The molecular formula is C42H52N2S2. The van der Waals surface area contributed by atoms with E-state index in [1.165, 1.54) is 112 Å². The van der Waals surface area contributed by atoms with E-state index >= 15 is 0 Å². The zero-order valence-corrected chi connectivity index (χ0v) is 29.8. The van der Waals surface area contributed by atoms with Gasteiger partial charge in [-0.1, -0.05) is 127 Å². The summed E-state index contributed by atoms with van der Waals surface area (Å²) >= 11 is 3.51. The molecule has 0 fully saturated rings. The molecule has 0 spiro atoms. The maximum atomic E-state index is 4.67. The summed E-state index contributed by atoms with van der Waals surface area (Å²) < 4.78 is 0. The molecule has 4 aromatic rings. The van der Waals surface area contributed by atoms with Crippen LogP contribution in [0.3, 0.4) is 0 Å². The van der Waals surface area contributed by atoms with Gasteiger partial charge in [0.15, 0.2) is 0 Å². The third-order valence-corrected chi connectivity index (χ3v) is 10.4. The molecule has 2 nitrogen and oxygen atoms in total. The summed E-state index contributed by atoms with van der Waals surface area (Å²) in [6.45, 7) is 4.55. The fourth-order valence-electron chi connectivity index (χ4n) is 5.56. The lowest BCUT2D eigenvalue weighted by Gasteiger charge is -2.05. The van der Waals surface area contributed by atoms with Gasteiger partial charge in [-0.05, 0) is 72.5 Å². The van der Waals surface area contributed by atoms with Crippen LogP contribution in [0.25, 0.3) is 32.3 Å². The van der Waals surface area contributed by atoms with E-state index in [4.69, 9.17) is 0 Å². The summed E-state index contributed by atoms with van der Waals surface area (Å²) in [4.78, 5) is 14.0. The molecule has 0 N–H and O–H groups in total. The molecule has 0 unspecified atom stereocenters. The van der Waals surface area contributed by atoms with Gasteiger partial charge in [0, 0.05) is 35.0 Å². The molecule has 0 saturated carbocycles. The van der Waals surface area contributed by atoms with Crippen molar-refractivity contribution in [3.63, 3.8) is 0 Å². The molecule has 46 heavy (non-hydrogen) atoms. The smallest absolute Gasteiger partial charge is 0.0892 e. The van der Waals surface area contributed by atoms with Crippen molar-refractivity contribution in [1.29, 1.82) is 0 Å². The number of hydrogen-bond acceptors (Lipinski definition) is 4.